The standard InChI is InChI=1S/C25H23NO5S/c1-17-11-13-21(14-12-17)32(29,30)24-22(19-8-4-3-5-9-19)26(25(28)23(24)27)16-18-7-6-10-20(15-18)31-2/h3-15,22,27H,16H2,1-2H3/t22-/m1/s1. The third kappa shape index (κ3) is 3.87. The van der Waals surface area contributed by atoms with Gasteiger partial charge in [0.1, 0.15) is 10.7 Å². The molecule has 1 aliphatic rings. The number of amides is 1. The third-order valence-electron chi connectivity index (χ3n) is 5.48. The lowest BCUT2D eigenvalue weighted by Gasteiger charge is -2.27. The topological polar surface area (TPSA) is 83.9 Å². The molecule has 0 aliphatic carbocycles. The highest BCUT2D eigenvalue weighted by Crippen LogP contribution is 2.43. The van der Waals surface area contributed by atoms with E-state index in [1.807, 2.05) is 19.1 Å². The van der Waals surface area contributed by atoms with Gasteiger partial charge in [0.05, 0.1) is 18.0 Å². The molecule has 4 rings (SSSR count). The summed E-state index contributed by atoms with van der Waals surface area (Å²) in [6, 6.07) is 21.4. The van der Waals surface area contributed by atoms with Crippen LogP contribution in [0.15, 0.2) is 94.4 Å². The van der Waals surface area contributed by atoms with Crippen LogP contribution < -0.4 is 4.74 Å². The van der Waals surface area contributed by atoms with Gasteiger partial charge >= 0.3 is 0 Å². The lowest BCUT2D eigenvalue weighted by molar-refractivity contribution is -0.130. The van der Waals surface area contributed by atoms with Crippen molar-refractivity contribution in [1.29, 1.82) is 0 Å². The molecule has 164 valence electrons. The number of benzene rings is 3. The maximum atomic E-state index is 13.6. The van der Waals surface area contributed by atoms with Crippen LogP contribution in [0, 0.1) is 6.92 Å². The molecular formula is C25H23NO5S. The highest BCUT2D eigenvalue weighted by atomic mass is 32.2. The summed E-state index contributed by atoms with van der Waals surface area (Å²) < 4.78 is 32.4. The van der Waals surface area contributed by atoms with E-state index < -0.39 is 27.5 Å². The van der Waals surface area contributed by atoms with Gasteiger partial charge in [-0.05, 0) is 42.3 Å². The molecule has 1 heterocycles. The molecule has 0 aromatic heterocycles. The second-order valence-electron chi connectivity index (χ2n) is 7.63. The first kappa shape index (κ1) is 21.6. The first-order chi connectivity index (χ1) is 15.3. The van der Waals surface area contributed by atoms with E-state index in [0.29, 0.717) is 11.3 Å². The van der Waals surface area contributed by atoms with Crippen LogP contribution in [0.1, 0.15) is 22.7 Å². The maximum absolute atomic E-state index is 13.6. The zero-order chi connectivity index (χ0) is 22.9. The number of hydrogen-bond acceptors (Lipinski definition) is 5. The predicted molar refractivity (Wildman–Crippen MR) is 121 cm³/mol. The van der Waals surface area contributed by atoms with E-state index in [-0.39, 0.29) is 16.3 Å². The highest BCUT2D eigenvalue weighted by molar-refractivity contribution is 7.95. The minimum absolute atomic E-state index is 0.0293. The molecule has 3 aromatic rings. The predicted octanol–water partition coefficient (Wildman–Crippen LogP) is 4.33. The quantitative estimate of drug-likeness (QED) is 0.606. The lowest BCUT2D eigenvalue weighted by atomic mass is 10.1. The monoisotopic (exact) mass is 449 g/mol. The molecule has 0 radical (unpaired) electrons. The fourth-order valence-corrected chi connectivity index (χ4v) is 5.49. The van der Waals surface area contributed by atoms with Gasteiger partial charge in [0, 0.05) is 6.54 Å². The number of hydrogen-bond donors (Lipinski definition) is 1. The van der Waals surface area contributed by atoms with Gasteiger partial charge in [-0.3, -0.25) is 4.79 Å². The summed E-state index contributed by atoms with van der Waals surface area (Å²) in [5.74, 6) is -0.857. The van der Waals surface area contributed by atoms with Crippen molar-refractivity contribution < 1.29 is 23.1 Å². The molecule has 1 amide bonds. The van der Waals surface area contributed by atoms with Crippen molar-refractivity contribution in [3.63, 3.8) is 0 Å². The van der Waals surface area contributed by atoms with Gasteiger partial charge in [0.25, 0.3) is 5.91 Å². The van der Waals surface area contributed by atoms with Crippen LogP contribution in [0.5, 0.6) is 5.75 Å². The van der Waals surface area contributed by atoms with Crippen molar-refractivity contribution in [3.8, 4) is 5.75 Å². The number of methoxy groups -OCH3 is 1. The van der Waals surface area contributed by atoms with E-state index >= 15 is 0 Å². The number of sulfone groups is 1. The van der Waals surface area contributed by atoms with Crippen LogP contribution in [0.25, 0.3) is 0 Å². The number of carbonyl (C=O) groups excluding carboxylic acids is 1. The van der Waals surface area contributed by atoms with Crippen LogP contribution >= 0.6 is 0 Å². The van der Waals surface area contributed by atoms with Crippen molar-refractivity contribution >= 4 is 15.7 Å². The van der Waals surface area contributed by atoms with E-state index in [0.717, 1.165) is 11.1 Å². The Morgan fingerprint density at radius 3 is 2.31 bits per heavy atom. The maximum Gasteiger partial charge on any atom is 0.290 e. The fraction of sp³-hybridized carbons (Fsp3) is 0.160. The Kier molecular flexibility index (Phi) is 5.76. The van der Waals surface area contributed by atoms with E-state index in [1.54, 1.807) is 61.7 Å². The average molecular weight is 450 g/mol. The molecule has 1 atom stereocenters. The fourth-order valence-electron chi connectivity index (χ4n) is 3.85. The van der Waals surface area contributed by atoms with Gasteiger partial charge in [0.15, 0.2) is 5.76 Å². The summed E-state index contributed by atoms with van der Waals surface area (Å²) in [7, 11) is -2.58. The number of ether oxygens (including phenoxy) is 1. The van der Waals surface area contributed by atoms with E-state index in [4.69, 9.17) is 4.74 Å². The molecule has 0 spiro atoms. The summed E-state index contributed by atoms with van der Waals surface area (Å²) in [6.07, 6.45) is 0. The van der Waals surface area contributed by atoms with Gasteiger partial charge in [-0.15, -0.1) is 0 Å². The minimum Gasteiger partial charge on any atom is -0.502 e. The number of carbonyl (C=O) groups is 1. The first-order valence-electron chi connectivity index (χ1n) is 10.1. The molecule has 7 heteroatoms. The van der Waals surface area contributed by atoms with Crippen molar-refractivity contribution in [2.24, 2.45) is 0 Å². The number of rotatable bonds is 6. The van der Waals surface area contributed by atoms with E-state index in [9.17, 15) is 18.3 Å². The van der Waals surface area contributed by atoms with E-state index in [2.05, 4.69) is 0 Å². The Hall–Kier alpha value is -3.58. The molecule has 6 nitrogen and oxygen atoms in total. The average Bonchev–Trinajstić information content (AvgIpc) is 3.05. The molecule has 1 N–H and O–H groups in total. The van der Waals surface area contributed by atoms with Crippen LogP contribution in [0.3, 0.4) is 0 Å². The zero-order valence-electron chi connectivity index (χ0n) is 17.7. The zero-order valence-corrected chi connectivity index (χ0v) is 18.5. The molecule has 1 aliphatic heterocycles. The third-order valence-corrected chi connectivity index (χ3v) is 7.37. The molecule has 3 aromatic carbocycles. The Bertz CT molecular complexity index is 1280. The first-order valence-corrected chi connectivity index (χ1v) is 11.5. The summed E-state index contributed by atoms with van der Waals surface area (Å²) in [6.45, 7) is 1.96. The van der Waals surface area contributed by atoms with Crippen molar-refractivity contribution in [1.82, 2.24) is 4.90 Å². The molecule has 0 unspecified atom stereocenters. The normalized spacial score (nSPS) is 16.5. The largest absolute Gasteiger partial charge is 0.502 e. The lowest BCUT2D eigenvalue weighted by Crippen LogP contribution is -2.30. The van der Waals surface area contributed by atoms with Crippen molar-refractivity contribution in [2.75, 3.05) is 7.11 Å². The molecule has 0 fully saturated rings. The second-order valence-corrected chi connectivity index (χ2v) is 9.55. The summed E-state index contributed by atoms with van der Waals surface area (Å²) in [5, 5.41) is 10.8. The second kappa shape index (κ2) is 8.51. The van der Waals surface area contributed by atoms with Gasteiger partial charge in [0.2, 0.25) is 9.84 Å². The number of aliphatic hydroxyl groups is 1. The van der Waals surface area contributed by atoms with Crippen molar-refractivity contribution in [2.45, 2.75) is 24.4 Å². The Morgan fingerprint density at radius 2 is 1.66 bits per heavy atom. The van der Waals surface area contributed by atoms with Gasteiger partial charge in [-0.25, -0.2) is 8.42 Å². The molecule has 0 saturated heterocycles. The molecular weight excluding hydrogens is 426 g/mol. The Balaban J connectivity index is 1.83. The Labute approximate surface area is 187 Å². The van der Waals surface area contributed by atoms with Crippen LogP contribution in [-0.4, -0.2) is 31.4 Å². The summed E-state index contributed by atoms with van der Waals surface area (Å²) >= 11 is 0. The number of nitrogens with zero attached hydrogens (tertiary/aromatic N) is 1. The van der Waals surface area contributed by atoms with Crippen LogP contribution in [0.2, 0.25) is 0 Å². The number of aliphatic hydroxyl groups excluding tert-OH is 1. The van der Waals surface area contributed by atoms with Crippen molar-refractivity contribution in [3.05, 3.63) is 106 Å². The van der Waals surface area contributed by atoms with Gasteiger partial charge in [-0.2, -0.15) is 0 Å². The molecule has 32 heavy (non-hydrogen) atoms. The Morgan fingerprint density at radius 1 is 0.969 bits per heavy atom. The molecule has 0 saturated carbocycles. The minimum atomic E-state index is -4.13. The van der Waals surface area contributed by atoms with Crippen LogP contribution in [0.4, 0.5) is 0 Å². The van der Waals surface area contributed by atoms with E-state index in [1.165, 1.54) is 17.0 Å². The SMILES string of the molecule is COc1cccc(CN2C(=O)C(O)=C(S(=O)(=O)c3ccc(C)cc3)[C@H]2c2ccccc2)c1. The van der Waals surface area contributed by atoms with Gasteiger partial charge in [-0.1, -0.05) is 60.2 Å². The smallest absolute Gasteiger partial charge is 0.290 e. The van der Waals surface area contributed by atoms with Crippen LogP contribution in [-0.2, 0) is 21.2 Å². The number of aryl methyl sites for hydroxylation is 1. The summed E-state index contributed by atoms with van der Waals surface area (Å²) in [5.41, 5.74) is 2.25. The highest BCUT2D eigenvalue weighted by Gasteiger charge is 2.46. The summed E-state index contributed by atoms with van der Waals surface area (Å²) in [4.78, 5) is 14.2. The van der Waals surface area contributed by atoms with Gasteiger partial charge < -0.3 is 14.7 Å². The molecule has 0 bridgehead atoms.